The first-order valence-electron chi connectivity index (χ1n) is 8.61. The van der Waals surface area contributed by atoms with Gasteiger partial charge in [-0.05, 0) is 26.0 Å². The molecular weight excluding hydrogens is 288 g/mol. The highest BCUT2D eigenvalue weighted by Crippen LogP contribution is 2.21. The molecule has 0 unspecified atom stereocenters. The van der Waals surface area contributed by atoms with Crippen LogP contribution in [0.1, 0.15) is 32.1 Å². The predicted molar refractivity (Wildman–Crippen MR) is 92.2 cm³/mol. The molecule has 1 aromatic heterocycles. The second-order valence-corrected chi connectivity index (χ2v) is 6.51. The first-order chi connectivity index (χ1) is 11.2. The molecule has 23 heavy (non-hydrogen) atoms. The van der Waals surface area contributed by atoms with Crippen LogP contribution >= 0.6 is 0 Å². The van der Waals surface area contributed by atoms with Crippen LogP contribution in [0, 0.1) is 0 Å². The van der Waals surface area contributed by atoms with Crippen molar-refractivity contribution in [3.63, 3.8) is 0 Å². The lowest BCUT2D eigenvalue weighted by molar-refractivity contribution is -0.121. The quantitative estimate of drug-likeness (QED) is 0.891. The fraction of sp³-hybridized carbons (Fsp3) is 0.556. The number of likely N-dealkylation sites (N-methyl/N-ethyl adjacent to an activating group) is 1. The molecule has 5 nitrogen and oxygen atoms in total. The van der Waals surface area contributed by atoms with Crippen LogP contribution in [0.3, 0.4) is 0 Å². The maximum absolute atomic E-state index is 12.1. The number of hydrogen-bond acceptors (Lipinski definition) is 3. The normalized spacial score (nSPS) is 16.1. The van der Waals surface area contributed by atoms with Crippen molar-refractivity contribution in [1.82, 2.24) is 20.0 Å². The molecule has 1 aromatic carbocycles. The highest BCUT2D eigenvalue weighted by Gasteiger charge is 2.17. The molecule has 2 aromatic rings. The summed E-state index contributed by atoms with van der Waals surface area (Å²) in [4.78, 5) is 14.4. The molecule has 124 valence electrons. The minimum atomic E-state index is 0.0230. The summed E-state index contributed by atoms with van der Waals surface area (Å²) >= 11 is 0. The lowest BCUT2D eigenvalue weighted by Gasteiger charge is -2.31. The van der Waals surface area contributed by atoms with E-state index in [1.165, 1.54) is 32.1 Å². The summed E-state index contributed by atoms with van der Waals surface area (Å²) in [7, 11) is 2.17. The van der Waals surface area contributed by atoms with E-state index in [4.69, 9.17) is 0 Å². The number of fused-ring (bicyclic) bond motifs is 1. The Morgan fingerprint density at radius 3 is 2.87 bits per heavy atom. The summed E-state index contributed by atoms with van der Waals surface area (Å²) in [5, 5.41) is 8.49. The summed E-state index contributed by atoms with van der Waals surface area (Å²) in [6.45, 7) is 1.89. The van der Waals surface area contributed by atoms with E-state index in [-0.39, 0.29) is 12.5 Å². The smallest absolute Gasteiger partial charge is 0.241 e. The second kappa shape index (κ2) is 7.59. The summed E-state index contributed by atoms with van der Waals surface area (Å²) in [6.07, 6.45) is 8.57. The SMILES string of the molecule is CN(CCNC(=O)Cn1cc2ccccc2n1)C1CCCCC1. The molecule has 0 radical (unpaired) electrons. The van der Waals surface area contributed by atoms with Crippen molar-refractivity contribution in [2.24, 2.45) is 0 Å². The fourth-order valence-electron chi connectivity index (χ4n) is 3.38. The van der Waals surface area contributed by atoms with Crippen molar-refractivity contribution in [3.8, 4) is 0 Å². The fourth-order valence-corrected chi connectivity index (χ4v) is 3.38. The first-order valence-corrected chi connectivity index (χ1v) is 8.61. The van der Waals surface area contributed by atoms with Crippen molar-refractivity contribution >= 4 is 16.8 Å². The van der Waals surface area contributed by atoms with Gasteiger partial charge in [0.05, 0.1) is 5.52 Å². The van der Waals surface area contributed by atoms with Gasteiger partial charge in [-0.3, -0.25) is 9.48 Å². The molecule has 0 saturated heterocycles. The van der Waals surface area contributed by atoms with E-state index in [1.807, 2.05) is 30.5 Å². The zero-order valence-corrected chi connectivity index (χ0v) is 13.9. The molecule has 3 rings (SSSR count). The topological polar surface area (TPSA) is 50.2 Å². The van der Waals surface area contributed by atoms with Crippen molar-refractivity contribution < 1.29 is 4.79 Å². The van der Waals surface area contributed by atoms with Crippen LogP contribution in [-0.4, -0.2) is 46.8 Å². The van der Waals surface area contributed by atoms with Gasteiger partial charge in [-0.1, -0.05) is 37.5 Å². The summed E-state index contributed by atoms with van der Waals surface area (Å²) < 4.78 is 1.71. The van der Waals surface area contributed by atoms with E-state index in [0.29, 0.717) is 12.6 Å². The number of hydrogen-bond donors (Lipinski definition) is 1. The van der Waals surface area contributed by atoms with E-state index < -0.39 is 0 Å². The van der Waals surface area contributed by atoms with Gasteiger partial charge in [0.2, 0.25) is 5.91 Å². The van der Waals surface area contributed by atoms with Gasteiger partial charge >= 0.3 is 0 Å². The van der Waals surface area contributed by atoms with Crippen LogP contribution in [0.5, 0.6) is 0 Å². The largest absolute Gasteiger partial charge is 0.353 e. The van der Waals surface area contributed by atoms with Gasteiger partial charge < -0.3 is 10.2 Å². The number of nitrogens with zero attached hydrogens (tertiary/aromatic N) is 3. The number of aromatic nitrogens is 2. The molecule has 5 heteroatoms. The van der Waals surface area contributed by atoms with Crippen LogP contribution in [0.25, 0.3) is 10.9 Å². The number of carbonyl (C=O) groups is 1. The highest BCUT2D eigenvalue weighted by molar-refractivity contribution is 5.79. The number of nitrogens with one attached hydrogen (secondary N) is 1. The van der Waals surface area contributed by atoms with E-state index in [1.54, 1.807) is 4.68 Å². The minimum absolute atomic E-state index is 0.0230. The molecule has 1 aliphatic carbocycles. The van der Waals surface area contributed by atoms with Gasteiger partial charge in [0.1, 0.15) is 6.54 Å². The molecule has 1 N–H and O–H groups in total. The van der Waals surface area contributed by atoms with Crippen molar-refractivity contribution in [3.05, 3.63) is 30.5 Å². The number of carbonyl (C=O) groups excluding carboxylic acids is 1. The molecule has 1 saturated carbocycles. The molecule has 0 bridgehead atoms. The monoisotopic (exact) mass is 314 g/mol. The standard InChI is InChI=1S/C18H26N4O/c1-21(16-8-3-2-4-9-16)12-11-19-18(23)14-22-13-15-7-5-6-10-17(15)20-22/h5-7,10,13,16H,2-4,8-9,11-12,14H2,1H3,(H,19,23). The van der Waals surface area contributed by atoms with Crippen LogP contribution in [-0.2, 0) is 11.3 Å². The van der Waals surface area contributed by atoms with Gasteiger partial charge in [-0.15, -0.1) is 0 Å². The Balaban J connectivity index is 1.42. The van der Waals surface area contributed by atoms with Gasteiger partial charge in [-0.2, -0.15) is 5.10 Å². The Labute approximate surface area is 137 Å². The third-order valence-corrected chi connectivity index (χ3v) is 4.75. The zero-order valence-electron chi connectivity index (χ0n) is 13.9. The Bertz CT molecular complexity index is 612. The van der Waals surface area contributed by atoms with Crippen molar-refractivity contribution in [1.29, 1.82) is 0 Å². The lowest BCUT2D eigenvalue weighted by atomic mass is 9.94. The zero-order chi connectivity index (χ0) is 16.1. The van der Waals surface area contributed by atoms with E-state index in [0.717, 1.165) is 17.4 Å². The van der Waals surface area contributed by atoms with Crippen molar-refractivity contribution in [2.45, 2.75) is 44.7 Å². The molecule has 0 atom stereocenters. The Morgan fingerprint density at radius 1 is 1.30 bits per heavy atom. The molecule has 1 heterocycles. The Hall–Kier alpha value is -1.88. The van der Waals surface area contributed by atoms with Gasteiger partial charge in [0.15, 0.2) is 0 Å². The Morgan fingerprint density at radius 2 is 2.09 bits per heavy atom. The molecule has 1 amide bonds. The van der Waals surface area contributed by atoms with Gasteiger partial charge in [0.25, 0.3) is 0 Å². The second-order valence-electron chi connectivity index (χ2n) is 6.51. The number of rotatable bonds is 6. The highest BCUT2D eigenvalue weighted by atomic mass is 16.2. The molecular formula is C18H26N4O. The summed E-state index contributed by atoms with van der Waals surface area (Å²) in [5.41, 5.74) is 0.928. The van der Waals surface area contributed by atoms with E-state index in [9.17, 15) is 4.79 Å². The van der Waals surface area contributed by atoms with Crippen molar-refractivity contribution in [2.75, 3.05) is 20.1 Å². The van der Waals surface area contributed by atoms with E-state index in [2.05, 4.69) is 22.4 Å². The summed E-state index contributed by atoms with van der Waals surface area (Å²) in [5.74, 6) is 0.0230. The average molecular weight is 314 g/mol. The average Bonchev–Trinajstić information content (AvgIpc) is 2.97. The third-order valence-electron chi connectivity index (χ3n) is 4.75. The molecule has 0 aliphatic heterocycles. The van der Waals surface area contributed by atoms with Crippen LogP contribution in [0.15, 0.2) is 30.5 Å². The molecule has 1 aliphatic rings. The van der Waals surface area contributed by atoms with E-state index >= 15 is 0 Å². The lowest BCUT2D eigenvalue weighted by Crippen LogP contribution is -2.40. The Kier molecular flexibility index (Phi) is 5.28. The van der Waals surface area contributed by atoms with Crippen LogP contribution in [0.2, 0.25) is 0 Å². The maximum atomic E-state index is 12.1. The number of benzene rings is 1. The van der Waals surface area contributed by atoms with Gasteiger partial charge in [-0.25, -0.2) is 0 Å². The summed E-state index contributed by atoms with van der Waals surface area (Å²) in [6, 6.07) is 8.60. The van der Waals surface area contributed by atoms with Gasteiger partial charge in [0, 0.05) is 30.7 Å². The molecule has 0 spiro atoms. The maximum Gasteiger partial charge on any atom is 0.241 e. The van der Waals surface area contributed by atoms with Crippen LogP contribution in [0.4, 0.5) is 0 Å². The molecule has 1 fully saturated rings. The predicted octanol–water partition coefficient (Wildman–Crippen LogP) is 2.42. The first kappa shape index (κ1) is 16.0. The van der Waals surface area contributed by atoms with Crippen LogP contribution < -0.4 is 5.32 Å². The third kappa shape index (κ3) is 4.32. The number of amides is 1. The minimum Gasteiger partial charge on any atom is -0.353 e.